The van der Waals surface area contributed by atoms with Crippen LogP contribution >= 0.6 is 0 Å². The van der Waals surface area contributed by atoms with Gasteiger partial charge in [0.25, 0.3) is 0 Å². The first kappa shape index (κ1) is 12.3. The molecule has 0 unspecified atom stereocenters. The van der Waals surface area contributed by atoms with Crippen molar-refractivity contribution >= 4 is 16.7 Å². The molecule has 3 aromatic rings. The predicted molar refractivity (Wildman–Crippen MR) is 75.8 cm³/mol. The lowest BCUT2D eigenvalue weighted by molar-refractivity contribution is 0.103. The molecule has 20 heavy (non-hydrogen) atoms. The Morgan fingerprint density at radius 1 is 1.00 bits per heavy atom. The van der Waals surface area contributed by atoms with Gasteiger partial charge in [0.05, 0.1) is 5.52 Å². The Kier molecular flexibility index (Phi) is 2.91. The number of carbonyl (C=O) groups is 1. The van der Waals surface area contributed by atoms with Crippen molar-refractivity contribution in [2.24, 2.45) is 0 Å². The van der Waals surface area contributed by atoms with Crippen molar-refractivity contribution in [3.8, 4) is 5.75 Å². The van der Waals surface area contributed by atoms with E-state index in [0.29, 0.717) is 17.1 Å². The van der Waals surface area contributed by atoms with Gasteiger partial charge in [0.1, 0.15) is 17.3 Å². The summed E-state index contributed by atoms with van der Waals surface area (Å²) in [6.07, 6.45) is 0. The first-order chi connectivity index (χ1) is 9.65. The van der Waals surface area contributed by atoms with Crippen LogP contribution in [0.25, 0.3) is 10.9 Å². The molecule has 98 valence electrons. The average molecular weight is 264 g/mol. The van der Waals surface area contributed by atoms with E-state index in [4.69, 9.17) is 0 Å². The zero-order chi connectivity index (χ0) is 14.1. The highest BCUT2D eigenvalue weighted by Crippen LogP contribution is 2.20. The van der Waals surface area contributed by atoms with E-state index in [9.17, 15) is 9.90 Å². The van der Waals surface area contributed by atoms with Crippen LogP contribution in [-0.2, 0) is 0 Å². The number of phenols is 1. The van der Waals surface area contributed by atoms with Crippen LogP contribution in [0.3, 0.4) is 0 Å². The second kappa shape index (κ2) is 4.74. The molecule has 4 nitrogen and oxygen atoms in total. The molecule has 1 N–H and O–H groups in total. The van der Waals surface area contributed by atoms with Crippen LogP contribution in [0, 0.1) is 6.92 Å². The van der Waals surface area contributed by atoms with Gasteiger partial charge in [-0.15, -0.1) is 0 Å². The Bertz CT molecular complexity index is 795. The normalized spacial score (nSPS) is 10.7. The lowest BCUT2D eigenvalue weighted by Gasteiger charge is -2.06. The largest absolute Gasteiger partial charge is 0.508 e. The monoisotopic (exact) mass is 264 g/mol. The summed E-state index contributed by atoms with van der Waals surface area (Å²) in [7, 11) is 0. The number of fused-ring (bicyclic) bond motifs is 1. The number of para-hydroxylation sites is 1. The number of hydrogen-bond acceptors (Lipinski definition) is 4. The number of carbonyl (C=O) groups excluding carboxylic acids is 1. The van der Waals surface area contributed by atoms with Crippen LogP contribution in [-0.4, -0.2) is 20.9 Å². The van der Waals surface area contributed by atoms with Crippen LogP contribution in [0.4, 0.5) is 0 Å². The third-order valence-corrected chi connectivity index (χ3v) is 3.06. The number of hydrogen-bond donors (Lipinski definition) is 1. The number of aromatic nitrogens is 2. The maximum absolute atomic E-state index is 12.6. The standard InChI is InChI=1S/C16H12N2O2/c1-10-17-14-5-3-2-4-13(14)15(18-10)16(20)11-6-8-12(19)9-7-11/h2-9,19H,1H3. The lowest BCUT2D eigenvalue weighted by Crippen LogP contribution is -2.07. The van der Waals surface area contributed by atoms with E-state index in [1.54, 1.807) is 19.1 Å². The van der Waals surface area contributed by atoms with E-state index in [1.165, 1.54) is 12.1 Å². The molecule has 0 aliphatic carbocycles. The molecule has 0 fully saturated rings. The molecule has 4 heteroatoms. The van der Waals surface area contributed by atoms with Crippen molar-refractivity contribution in [2.75, 3.05) is 0 Å². The summed E-state index contributed by atoms with van der Waals surface area (Å²) in [6.45, 7) is 1.76. The summed E-state index contributed by atoms with van der Waals surface area (Å²) in [5.74, 6) is 0.516. The molecular formula is C16H12N2O2. The summed E-state index contributed by atoms with van der Waals surface area (Å²) in [5, 5.41) is 10.0. The molecule has 0 spiro atoms. The van der Waals surface area contributed by atoms with Gasteiger partial charge in [-0.3, -0.25) is 4.79 Å². The van der Waals surface area contributed by atoms with Gasteiger partial charge in [-0.05, 0) is 37.3 Å². The smallest absolute Gasteiger partial charge is 0.212 e. The predicted octanol–water partition coefficient (Wildman–Crippen LogP) is 2.87. The third kappa shape index (κ3) is 2.12. The fourth-order valence-corrected chi connectivity index (χ4v) is 2.12. The van der Waals surface area contributed by atoms with Crippen molar-refractivity contribution < 1.29 is 9.90 Å². The Labute approximate surface area is 115 Å². The van der Waals surface area contributed by atoms with Gasteiger partial charge >= 0.3 is 0 Å². The highest BCUT2D eigenvalue weighted by molar-refractivity contribution is 6.14. The van der Waals surface area contributed by atoms with Crippen molar-refractivity contribution in [1.82, 2.24) is 9.97 Å². The topological polar surface area (TPSA) is 63.1 Å². The minimum absolute atomic E-state index is 0.130. The SMILES string of the molecule is Cc1nc(C(=O)c2ccc(O)cc2)c2ccccc2n1. The molecular weight excluding hydrogens is 252 g/mol. The number of aryl methyl sites for hydroxylation is 1. The Morgan fingerprint density at radius 3 is 2.45 bits per heavy atom. The van der Waals surface area contributed by atoms with Crippen LogP contribution in [0.1, 0.15) is 21.9 Å². The second-order valence-corrected chi connectivity index (χ2v) is 4.51. The number of aromatic hydroxyl groups is 1. The van der Waals surface area contributed by atoms with Crippen LogP contribution < -0.4 is 0 Å². The molecule has 0 aliphatic heterocycles. The molecule has 0 aliphatic rings. The summed E-state index contributed by atoms with van der Waals surface area (Å²) >= 11 is 0. The zero-order valence-corrected chi connectivity index (χ0v) is 10.9. The van der Waals surface area contributed by atoms with E-state index >= 15 is 0 Å². The van der Waals surface area contributed by atoms with Crippen LogP contribution in [0.5, 0.6) is 5.75 Å². The second-order valence-electron chi connectivity index (χ2n) is 4.51. The van der Waals surface area contributed by atoms with Gasteiger partial charge in [0.15, 0.2) is 0 Å². The first-order valence-corrected chi connectivity index (χ1v) is 6.22. The molecule has 1 aromatic heterocycles. The van der Waals surface area contributed by atoms with Crippen LogP contribution in [0.15, 0.2) is 48.5 Å². The van der Waals surface area contributed by atoms with Gasteiger partial charge in [0.2, 0.25) is 5.78 Å². The van der Waals surface area contributed by atoms with Gasteiger partial charge in [0, 0.05) is 10.9 Å². The maximum Gasteiger partial charge on any atom is 0.212 e. The number of nitrogens with zero attached hydrogens (tertiary/aromatic N) is 2. The molecule has 0 saturated carbocycles. The van der Waals surface area contributed by atoms with Crippen molar-refractivity contribution in [1.29, 1.82) is 0 Å². The van der Waals surface area contributed by atoms with Crippen molar-refractivity contribution in [3.05, 3.63) is 65.6 Å². The van der Waals surface area contributed by atoms with Crippen LogP contribution in [0.2, 0.25) is 0 Å². The molecule has 0 bridgehead atoms. The maximum atomic E-state index is 12.6. The molecule has 3 rings (SSSR count). The van der Waals surface area contributed by atoms with Gasteiger partial charge in [-0.25, -0.2) is 9.97 Å². The minimum atomic E-state index is -0.174. The molecule has 1 heterocycles. The van der Waals surface area contributed by atoms with Crippen molar-refractivity contribution in [3.63, 3.8) is 0 Å². The lowest BCUT2D eigenvalue weighted by atomic mass is 10.0. The van der Waals surface area contributed by atoms with Gasteiger partial charge in [-0.2, -0.15) is 0 Å². The van der Waals surface area contributed by atoms with E-state index in [-0.39, 0.29) is 11.5 Å². The zero-order valence-electron chi connectivity index (χ0n) is 10.9. The average Bonchev–Trinajstić information content (AvgIpc) is 2.46. The van der Waals surface area contributed by atoms with Gasteiger partial charge in [-0.1, -0.05) is 18.2 Å². The van der Waals surface area contributed by atoms with Gasteiger partial charge < -0.3 is 5.11 Å². The Hall–Kier alpha value is -2.75. The number of ketones is 1. The summed E-state index contributed by atoms with van der Waals surface area (Å²) in [5.41, 5.74) is 1.63. The Balaban J connectivity index is 2.18. The molecule has 0 amide bonds. The molecule has 0 atom stereocenters. The fraction of sp³-hybridized carbons (Fsp3) is 0.0625. The van der Waals surface area contributed by atoms with E-state index in [0.717, 1.165) is 10.9 Å². The quantitative estimate of drug-likeness (QED) is 0.723. The summed E-state index contributed by atoms with van der Waals surface area (Å²) in [6, 6.07) is 13.6. The highest BCUT2D eigenvalue weighted by atomic mass is 16.3. The Morgan fingerprint density at radius 2 is 1.70 bits per heavy atom. The molecule has 0 radical (unpaired) electrons. The van der Waals surface area contributed by atoms with Crippen molar-refractivity contribution in [2.45, 2.75) is 6.92 Å². The van der Waals surface area contributed by atoms with E-state index in [2.05, 4.69) is 9.97 Å². The fourth-order valence-electron chi connectivity index (χ4n) is 2.12. The van der Waals surface area contributed by atoms with E-state index < -0.39 is 0 Å². The summed E-state index contributed by atoms with van der Waals surface area (Å²) in [4.78, 5) is 21.2. The first-order valence-electron chi connectivity index (χ1n) is 6.22. The highest BCUT2D eigenvalue weighted by Gasteiger charge is 2.15. The third-order valence-electron chi connectivity index (χ3n) is 3.06. The molecule has 2 aromatic carbocycles. The molecule has 0 saturated heterocycles. The summed E-state index contributed by atoms with van der Waals surface area (Å²) < 4.78 is 0. The number of rotatable bonds is 2. The minimum Gasteiger partial charge on any atom is -0.508 e. The number of phenolic OH excluding ortho intramolecular Hbond substituents is 1. The van der Waals surface area contributed by atoms with E-state index in [1.807, 2.05) is 24.3 Å². The number of benzene rings is 2.